The van der Waals surface area contributed by atoms with Gasteiger partial charge in [0.2, 0.25) is 11.8 Å². The summed E-state index contributed by atoms with van der Waals surface area (Å²) in [5.41, 5.74) is 1.96. The van der Waals surface area contributed by atoms with Gasteiger partial charge in [-0.2, -0.15) is 0 Å². The summed E-state index contributed by atoms with van der Waals surface area (Å²) in [4.78, 5) is 27.5. The van der Waals surface area contributed by atoms with E-state index in [9.17, 15) is 18.4 Å². The van der Waals surface area contributed by atoms with E-state index in [0.717, 1.165) is 36.3 Å². The lowest BCUT2D eigenvalue weighted by Crippen LogP contribution is -2.32. The molecule has 136 valence electrons. The predicted molar refractivity (Wildman–Crippen MR) is 96.1 cm³/mol. The topological polar surface area (TPSA) is 40.6 Å². The Morgan fingerprint density at radius 1 is 1.12 bits per heavy atom. The summed E-state index contributed by atoms with van der Waals surface area (Å²) in [5.74, 6) is -2.01. The van der Waals surface area contributed by atoms with E-state index in [1.165, 1.54) is 11.0 Å². The standard InChI is InChI=1S/C20H20F2N2O2/c1-2-23(16-9-10-17(21)18(22)13-16)20(26)12-14-5-7-15(8-6-14)24-11-3-4-19(24)25/h5-10,13H,2-4,11-12H2,1H3. The zero-order valence-corrected chi connectivity index (χ0v) is 14.5. The number of amides is 2. The molecular formula is C20H20F2N2O2. The van der Waals surface area contributed by atoms with E-state index in [-0.39, 0.29) is 18.2 Å². The van der Waals surface area contributed by atoms with E-state index in [4.69, 9.17) is 0 Å². The van der Waals surface area contributed by atoms with Crippen LogP contribution in [0.2, 0.25) is 0 Å². The second kappa shape index (κ2) is 7.64. The number of halogens is 2. The summed E-state index contributed by atoms with van der Waals surface area (Å²) < 4.78 is 26.5. The molecule has 0 saturated carbocycles. The monoisotopic (exact) mass is 358 g/mol. The number of hydrogen-bond acceptors (Lipinski definition) is 2. The first-order chi connectivity index (χ1) is 12.5. The summed E-state index contributed by atoms with van der Waals surface area (Å²) >= 11 is 0. The molecule has 0 aliphatic carbocycles. The van der Waals surface area contributed by atoms with Crippen molar-refractivity contribution in [3.63, 3.8) is 0 Å². The van der Waals surface area contributed by atoms with Gasteiger partial charge < -0.3 is 9.80 Å². The summed E-state index contributed by atoms with van der Waals surface area (Å²) in [6.07, 6.45) is 1.57. The second-order valence-electron chi connectivity index (χ2n) is 6.23. The highest BCUT2D eigenvalue weighted by atomic mass is 19.2. The molecule has 2 amide bonds. The Morgan fingerprint density at radius 2 is 1.85 bits per heavy atom. The molecule has 0 N–H and O–H groups in total. The van der Waals surface area contributed by atoms with Gasteiger partial charge in [0, 0.05) is 37.0 Å². The average Bonchev–Trinajstić information content (AvgIpc) is 3.05. The number of rotatable bonds is 5. The molecule has 6 heteroatoms. The fourth-order valence-corrected chi connectivity index (χ4v) is 3.14. The maximum Gasteiger partial charge on any atom is 0.231 e. The van der Waals surface area contributed by atoms with Gasteiger partial charge >= 0.3 is 0 Å². The summed E-state index contributed by atoms with van der Waals surface area (Å²) in [5, 5.41) is 0. The third-order valence-corrected chi connectivity index (χ3v) is 4.51. The summed E-state index contributed by atoms with van der Waals surface area (Å²) in [6, 6.07) is 10.7. The van der Waals surface area contributed by atoms with Gasteiger partial charge in [-0.05, 0) is 43.2 Å². The maximum absolute atomic E-state index is 13.4. The third kappa shape index (κ3) is 3.74. The molecule has 26 heavy (non-hydrogen) atoms. The van der Waals surface area contributed by atoms with Crippen molar-refractivity contribution in [3.05, 3.63) is 59.7 Å². The third-order valence-electron chi connectivity index (χ3n) is 4.51. The van der Waals surface area contributed by atoms with Crippen molar-refractivity contribution in [2.24, 2.45) is 0 Å². The molecule has 1 aliphatic heterocycles. The van der Waals surface area contributed by atoms with Crippen molar-refractivity contribution in [1.29, 1.82) is 0 Å². The Morgan fingerprint density at radius 3 is 2.42 bits per heavy atom. The van der Waals surface area contributed by atoms with Crippen LogP contribution in [0, 0.1) is 11.6 Å². The smallest absolute Gasteiger partial charge is 0.231 e. The SMILES string of the molecule is CCN(C(=O)Cc1ccc(N2CCCC2=O)cc1)c1ccc(F)c(F)c1. The first kappa shape index (κ1) is 18.0. The number of carbonyl (C=O) groups excluding carboxylic acids is 2. The quantitative estimate of drug-likeness (QED) is 0.818. The molecule has 2 aromatic carbocycles. The Labute approximate surface area is 151 Å². The predicted octanol–water partition coefficient (Wildman–Crippen LogP) is 3.69. The van der Waals surface area contributed by atoms with Crippen LogP contribution in [-0.2, 0) is 16.0 Å². The summed E-state index contributed by atoms with van der Waals surface area (Å²) in [6.45, 7) is 2.85. The Balaban J connectivity index is 1.71. The highest BCUT2D eigenvalue weighted by Crippen LogP contribution is 2.23. The van der Waals surface area contributed by atoms with Gasteiger partial charge in [0.1, 0.15) is 0 Å². The normalized spacial score (nSPS) is 14.0. The van der Waals surface area contributed by atoms with E-state index in [2.05, 4.69) is 0 Å². The fourth-order valence-electron chi connectivity index (χ4n) is 3.14. The molecule has 0 aromatic heterocycles. The molecule has 1 heterocycles. The van der Waals surface area contributed by atoms with Crippen LogP contribution in [0.4, 0.5) is 20.2 Å². The lowest BCUT2D eigenvalue weighted by molar-refractivity contribution is -0.118. The number of benzene rings is 2. The minimum absolute atomic E-state index is 0.115. The van der Waals surface area contributed by atoms with Crippen LogP contribution in [-0.4, -0.2) is 24.9 Å². The molecule has 1 fully saturated rings. The van der Waals surface area contributed by atoms with Crippen molar-refractivity contribution in [3.8, 4) is 0 Å². The number of hydrogen-bond donors (Lipinski definition) is 0. The number of likely N-dealkylation sites (N-methyl/N-ethyl adjacent to an activating group) is 1. The van der Waals surface area contributed by atoms with Gasteiger partial charge in [-0.3, -0.25) is 9.59 Å². The van der Waals surface area contributed by atoms with Crippen molar-refractivity contribution >= 4 is 23.2 Å². The average molecular weight is 358 g/mol. The van der Waals surface area contributed by atoms with Crippen LogP contribution in [0.15, 0.2) is 42.5 Å². The largest absolute Gasteiger partial charge is 0.312 e. The van der Waals surface area contributed by atoms with Crippen LogP contribution in [0.3, 0.4) is 0 Å². The molecule has 1 aliphatic rings. The maximum atomic E-state index is 13.4. The van der Waals surface area contributed by atoms with Gasteiger partial charge in [0.05, 0.1) is 6.42 Å². The molecule has 0 atom stereocenters. The van der Waals surface area contributed by atoms with E-state index in [1.807, 2.05) is 24.3 Å². The lowest BCUT2D eigenvalue weighted by atomic mass is 10.1. The molecule has 4 nitrogen and oxygen atoms in total. The number of anilines is 2. The highest BCUT2D eigenvalue weighted by molar-refractivity contribution is 5.96. The van der Waals surface area contributed by atoms with Crippen LogP contribution < -0.4 is 9.80 Å². The van der Waals surface area contributed by atoms with Crippen LogP contribution in [0.1, 0.15) is 25.3 Å². The van der Waals surface area contributed by atoms with Crippen molar-refractivity contribution in [2.45, 2.75) is 26.2 Å². The van der Waals surface area contributed by atoms with Gasteiger partial charge in [-0.25, -0.2) is 8.78 Å². The van der Waals surface area contributed by atoms with E-state index in [0.29, 0.717) is 18.7 Å². The zero-order chi connectivity index (χ0) is 18.7. The molecule has 0 spiro atoms. The molecule has 0 bridgehead atoms. The Hall–Kier alpha value is -2.76. The van der Waals surface area contributed by atoms with Gasteiger partial charge in [0.15, 0.2) is 11.6 Å². The number of nitrogens with zero attached hydrogens (tertiary/aromatic N) is 2. The summed E-state index contributed by atoms with van der Waals surface area (Å²) in [7, 11) is 0. The fraction of sp³-hybridized carbons (Fsp3) is 0.300. The highest BCUT2D eigenvalue weighted by Gasteiger charge is 2.22. The first-order valence-corrected chi connectivity index (χ1v) is 8.64. The molecular weight excluding hydrogens is 338 g/mol. The van der Waals surface area contributed by atoms with E-state index in [1.54, 1.807) is 11.8 Å². The van der Waals surface area contributed by atoms with E-state index < -0.39 is 11.6 Å². The minimum atomic E-state index is -0.978. The van der Waals surface area contributed by atoms with Crippen LogP contribution in [0.25, 0.3) is 0 Å². The van der Waals surface area contributed by atoms with Gasteiger partial charge in [0.25, 0.3) is 0 Å². The van der Waals surface area contributed by atoms with Gasteiger partial charge in [-0.15, -0.1) is 0 Å². The van der Waals surface area contributed by atoms with Crippen molar-refractivity contribution in [1.82, 2.24) is 0 Å². The zero-order valence-electron chi connectivity index (χ0n) is 14.5. The minimum Gasteiger partial charge on any atom is -0.312 e. The van der Waals surface area contributed by atoms with Gasteiger partial charge in [-0.1, -0.05) is 12.1 Å². The Bertz CT molecular complexity index is 821. The van der Waals surface area contributed by atoms with Crippen LogP contribution >= 0.6 is 0 Å². The lowest BCUT2D eigenvalue weighted by Gasteiger charge is -2.21. The molecule has 0 unspecified atom stereocenters. The van der Waals surface area contributed by atoms with Crippen LogP contribution in [0.5, 0.6) is 0 Å². The van der Waals surface area contributed by atoms with E-state index >= 15 is 0 Å². The second-order valence-corrected chi connectivity index (χ2v) is 6.23. The van der Waals surface area contributed by atoms with Crippen molar-refractivity contribution in [2.75, 3.05) is 22.9 Å². The number of carbonyl (C=O) groups is 2. The molecule has 2 aromatic rings. The Kier molecular flexibility index (Phi) is 5.30. The first-order valence-electron chi connectivity index (χ1n) is 8.64. The molecule has 1 saturated heterocycles. The molecule has 0 radical (unpaired) electrons. The molecule has 3 rings (SSSR count). The van der Waals surface area contributed by atoms with Crippen molar-refractivity contribution < 1.29 is 18.4 Å².